The minimum absolute atomic E-state index is 0.116. The first-order chi connectivity index (χ1) is 10.3. The van der Waals surface area contributed by atoms with Gasteiger partial charge in [-0.3, -0.25) is 4.79 Å². The number of hydrogen-bond acceptors (Lipinski definition) is 4. The van der Waals surface area contributed by atoms with E-state index in [0.29, 0.717) is 11.9 Å². The summed E-state index contributed by atoms with van der Waals surface area (Å²) in [5, 5.41) is 3.54. The summed E-state index contributed by atoms with van der Waals surface area (Å²) >= 11 is 0. The fourth-order valence-corrected chi connectivity index (χ4v) is 4.07. The van der Waals surface area contributed by atoms with E-state index >= 15 is 0 Å². The molecule has 1 saturated heterocycles. The molecule has 1 aliphatic heterocycles. The molecular formula is C16H24N4O. The van der Waals surface area contributed by atoms with Crippen LogP contribution in [0.3, 0.4) is 0 Å². The van der Waals surface area contributed by atoms with Crippen LogP contribution in [0.2, 0.25) is 0 Å². The summed E-state index contributed by atoms with van der Waals surface area (Å²) < 4.78 is 1.90. The molecule has 2 aliphatic carbocycles. The molecule has 2 heterocycles. The van der Waals surface area contributed by atoms with Gasteiger partial charge >= 0.3 is 0 Å². The van der Waals surface area contributed by atoms with Crippen molar-refractivity contribution >= 4 is 5.82 Å². The third kappa shape index (κ3) is 2.27. The van der Waals surface area contributed by atoms with Gasteiger partial charge in [-0.05, 0) is 25.7 Å². The molecule has 2 saturated carbocycles. The zero-order chi connectivity index (χ0) is 14.3. The largest absolute Gasteiger partial charge is 0.344 e. The van der Waals surface area contributed by atoms with E-state index in [9.17, 15) is 4.79 Å². The average molecular weight is 288 g/mol. The Bertz CT molecular complexity index is 564. The molecule has 0 unspecified atom stereocenters. The van der Waals surface area contributed by atoms with E-state index in [2.05, 4.69) is 15.2 Å². The van der Waals surface area contributed by atoms with Gasteiger partial charge in [0.2, 0.25) is 0 Å². The van der Waals surface area contributed by atoms with Crippen molar-refractivity contribution in [3.8, 4) is 0 Å². The predicted octanol–water partition coefficient (Wildman–Crippen LogP) is 1.69. The minimum atomic E-state index is 0.116. The maximum absolute atomic E-state index is 12.8. The van der Waals surface area contributed by atoms with Gasteiger partial charge in [0.1, 0.15) is 0 Å². The Morgan fingerprint density at radius 1 is 1.24 bits per heavy atom. The van der Waals surface area contributed by atoms with E-state index in [4.69, 9.17) is 0 Å². The van der Waals surface area contributed by atoms with E-state index < -0.39 is 0 Å². The first-order valence-electron chi connectivity index (χ1n) is 8.36. The summed E-state index contributed by atoms with van der Waals surface area (Å²) in [5.41, 5.74) is 0.234. The van der Waals surface area contributed by atoms with E-state index in [1.165, 1.54) is 32.1 Å². The Labute approximate surface area is 125 Å². The molecule has 3 aliphatic rings. The van der Waals surface area contributed by atoms with Crippen LogP contribution >= 0.6 is 0 Å². The molecule has 21 heavy (non-hydrogen) atoms. The molecule has 5 heteroatoms. The Hall–Kier alpha value is -1.36. The van der Waals surface area contributed by atoms with E-state index in [-0.39, 0.29) is 11.1 Å². The van der Waals surface area contributed by atoms with Gasteiger partial charge in [0.15, 0.2) is 5.82 Å². The van der Waals surface area contributed by atoms with Gasteiger partial charge in [-0.2, -0.15) is 0 Å². The third-order valence-corrected chi connectivity index (χ3v) is 5.37. The smallest absolute Gasteiger partial charge is 0.293 e. The second-order valence-corrected chi connectivity index (χ2v) is 6.81. The van der Waals surface area contributed by atoms with Gasteiger partial charge in [-0.25, -0.2) is 4.98 Å². The number of nitrogens with one attached hydrogen (secondary N) is 1. The topological polar surface area (TPSA) is 50.2 Å². The van der Waals surface area contributed by atoms with Gasteiger partial charge in [0.05, 0.1) is 5.54 Å². The molecule has 0 atom stereocenters. The number of rotatable bonds is 2. The number of nitrogens with zero attached hydrogens (tertiary/aromatic N) is 3. The molecule has 5 nitrogen and oxygen atoms in total. The second kappa shape index (κ2) is 5.13. The Morgan fingerprint density at radius 3 is 2.81 bits per heavy atom. The first-order valence-corrected chi connectivity index (χ1v) is 8.36. The fraction of sp³-hybridized carbons (Fsp3) is 0.750. The quantitative estimate of drug-likeness (QED) is 0.900. The van der Waals surface area contributed by atoms with Crippen molar-refractivity contribution < 1.29 is 0 Å². The summed E-state index contributed by atoms with van der Waals surface area (Å²) in [4.78, 5) is 19.6. The molecule has 0 bridgehead atoms. The summed E-state index contributed by atoms with van der Waals surface area (Å²) in [6, 6.07) is 0.421. The van der Waals surface area contributed by atoms with Crippen molar-refractivity contribution in [1.29, 1.82) is 0 Å². The lowest BCUT2D eigenvalue weighted by atomic mass is 9.79. The number of anilines is 1. The van der Waals surface area contributed by atoms with Crippen LogP contribution in [0.5, 0.6) is 0 Å². The maximum Gasteiger partial charge on any atom is 0.293 e. The van der Waals surface area contributed by atoms with Crippen molar-refractivity contribution in [2.24, 2.45) is 0 Å². The van der Waals surface area contributed by atoms with Crippen LogP contribution in [0.1, 0.15) is 51.0 Å². The monoisotopic (exact) mass is 288 g/mol. The van der Waals surface area contributed by atoms with Crippen LogP contribution in [0, 0.1) is 0 Å². The first kappa shape index (κ1) is 13.3. The predicted molar refractivity (Wildman–Crippen MR) is 82.8 cm³/mol. The van der Waals surface area contributed by atoms with Crippen LogP contribution in [-0.2, 0) is 0 Å². The lowest BCUT2D eigenvalue weighted by molar-refractivity contribution is 0.239. The maximum atomic E-state index is 12.8. The molecular weight excluding hydrogens is 264 g/mol. The zero-order valence-corrected chi connectivity index (χ0v) is 12.6. The molecule has 4 rings (SSSR count). The SMILES string of the molecule is O=c1c(N2CCNCC23CCCCC3)nccn1C1CC1. The molecule has 114 valence electrons. The van der Waals surface area contributed by atoms with E-state index in [1.807, 2.05) is 17.0 Å². The summed E-state index contributed by atoms with van der Waals surface area (Å²) in [7, 11) is 0. The fourth-order valence-electron chi connectivity index (χ4n) is 4.07. The van der Waals surface area contributed by atoms with Crippen LogP contribution < -0.4 is 15.8 Å². The van der Waals surface area contributed by atoms with Crippen LogP contribution in [-0.4, -0.2) is 34.7 Å². The molecule has 1 aromatic rings. The molecule has 0 aromatic carbocycles. The van der Waals surface area contributed by atoms with Crippen molar-refractivity contribution in [3.63, 3.8) is 0 Å². The highest BCUT2D eigenvalue weighted by molar-refractivity contribution is 5.42. The Balaban J connectivity index is 1.73. The van der Waals surface area contributed by atoms with Crippen molar-refractivity contribution in [2.75, 3.05) is 24.5 Å². The lowest BCUT2D eigenvalue weighted by Crippen LogP contribution is -2.63. The third-order valence-electron chi connectivity index (χ3n) is 5.37. The zero-order valence-electron chi connectivity index (χ0n) is 12.6. The average Bonchev–Trinajstić information content (AvgIpc) is 3.34. The normalized spacial score (nSPS) is 25.2. The van der Waals surface area contributed by atoms with E-state index in [0.717, 1.165) is 32.5 Å². The lowest BCUT2D eigenvalue weighted by Gasteiger charge is -2.50. The van der Waals surface area contributed by atoms with E-state index in [1.54, 1.807) is 0 Å². The molecule has 1 aromatic heterocycles. The van der Waals surface area contributed by atoms with Gasteiger partial charge in [0.25, 0.3) is 5.56 Å². The Morgan fingerprint density at radius 2 is 2.05 bits per heavy atom. The number of aromatic nitrogens is 2. The highest BCUT2D eigenvalue weighted by atomic mass is 16.1. The number of piperazine rings is 1. The van der Waals surface area contributed by atoms with Crippen molar-refractivity contribution in [2.45, 2.75) is 56.5 Å². The van der Waals surface area contributed by atoms with Crippen molar-refractivity contribution in [3.05, 3.63) is 22.7 Å². The minimum Gasteiger partial charge on any atom is -0.344 e. The molecule has 1 N–H and O–H groups in total. The van der Waals surface area contributed by atoms with Gasteiger partial charge in [-0.15, -0.1) is 0 Å². The number of hydrogen-bond donors (Lipinski definition) is 1. The molecule has 3 fully saturated rings. The molecule has 1 spiro atoms. The van der Waals surface area contributed by atoms with Crippen LogP contribution in [0.4, 0.5) is 5.82 Å². The summed E-state index contributed by atoms with van der Waals surface area (Å²) in [6.07, 6.45) is 12.2. The summed E-state index contributed by atoms with van der Waals surface area (Å²) in [6.45, 7) is 2.84. The molecule has 0 radical (unpaired) electrons. The van der Waals surface area contributed by atoms with Crippen molar-refractivity contribution in [1.82, 2.24) is 14.9 Å². The van der Waals surface area contributed by atoms with Crippen LogP contribution in [0.15, 0.2) is 17.2 Å². The highest BCUT2D eigenvalue weighted by Crippen LogP contribution is 2.37. The van der Waals surface area contributed by atoms with Gasteiger partial charge in [0, 0.05) is 38.1 Å². The second-order valence-electron chi connectivity index (χ2n) is 6.81. The van der Waals surface area contributed by atoms with Gasteiger partial charge in [-0.1, -0.05) is 19.3 Å². The standard InChI is InChI=1S/C16H24N4O/c21-15-14(18-9-10-19(15)13-4-5-13)20-11-8-17-12-16(20)6-2-1-3-7-16/h9-10,13,17H,1-8,11-12H2. The summed E-state index contributed by atoms with van der Waals surface area (Å²) in [5.74, 6) is 0.688. The van der Waals surface area contributed by atoms with Gasteiger partial charge < -0.3 is 14.8 Å². The molecule has 0 amide bonds. The Kier molecular flexibility index (Phi) is 3.25. The highest BCUT2D eigenvalue weighted by Gasteiger charge is 2.41. The van der Waals surface area contributed by atoms with Crippen LogP contribution in [0.25, 0.3) is 0 Å².